The predicted molar refractivity (Wildman–Crippen MR) is 95.4 cm³/mol. The topological polar surface area (TPSA) is 16.1 Å². The highest BCUT2D eigenvalue weighted by Gasteiger charge is 2.09. The van der Waals surface area contributed by atoms with Crippen LogP contribution in [0.4, 0.5) is 0 Å². The third-order valence-corrected chi connectivity index (χ3v) is 3.32. The van der Waals surface area contributed by atoms with Gasteiger partial charge in [0.05, 0.1) is 5.69 Å². The lowest BCUT2D eigenvalue weighted by atomic mass is 9.98. The molecule has 21 heavy (non-hydrogen) atoms. The van der Waals surface area contributed by atoms with Crippen molar-refractivity contribution in [3.05, 3.63) is 35.7 Å². The largest absolute Gasteiger partial charge is 0.302 e. The second kappa shape index (κ2) is 10.6. The lowest BCUT2D eigenvalue weighted by Gasteiger charge is -2.22. The van der Waals surface area contributed by atoms with Crippen LogP contribution in [0.25, 0.3) is 6.08 Å². The van der Waals surface area contributed by atoms with E-state index in [1.54, 1.807) is 0 Å². The molecule has 0 aliphatic heterocycles. The first-order valence-corrected chi connectivity index (χ1v) is 8.18. The van der Waals surface area contributed by atoms with Gasteiger partial charge < -0.3 is 4.90 Å². The zero-order valence-corrected chi connectivity index (χ0v) is 15.1. The molecule has 0 saturated carbocycles. The highest BCUT2D eigenvalue weighted by molar-refractivity contribution is 5.46. The molecule has 1 aromatic heterocycles. The molecule has 0 N–H and O–H groups in total. The molecule has 2 nitrogen and oxygen atoms in total. The van der Waals surface area contributed by atoms with Crippen LogP contribution >= 0.6 is 0 Å². The fourth-order valence-electron chi connectivity index (χ4n) is 2.73. The zero-order valence-electron chi connectivity index (χ0n) is 15.1. The van der Waals surface area contributed by atoms with Crippen molar-refractivity contribution in [2.45, 2.75) is 54.5 Å². The van der Waals surface area contributed by atoms with Gasteiger partial charge in [-0.15, -0.1) is 0 Å². The Morgan fingerprint density at radius 1 is 1.29 bits per heavy atom. The summed E-state index contributed by atoms with van der Waals surface area (Å²) < 4.78 is 0. The molecule has 1 unspecified atom stereocenters. The van der Waals surface area contributed by atoms with Gasteiger partial charge in [-0.05, 0) is 49.4 Å². The Labute approximate surface area is 132 Å². The fraction of sp³-hybridized carbons (Fsp3) is 0.632. The molecule has 120 valence electrons. The summed E-state index contributed by atoms with van der Waals surface area (Å²) in [6.07, 6.45) is 5.07. The van der Waals surface area contributed by atoms with Gasteiger partial charge in [-0.1, -0.05) is 47.3 Å². The maximum absolute atomic E-state index is 4.43. The highest BCUT2D eigenvalue weighted by Crippen LogP contribution is 2.14. The lowest BCUT2D eigenvalue weighted by molar-refractivity contribution is 0.258. The van der Waals surface area contributed by atoms with E-state index in [1.165, 1.54) is 17.5 Å². The van der Waals surface area contributed by atoms with Crippen LogP contribution in [-0.2, 0) is 6.54 Å². The van der Waals surface area contributed by atoms with Gasteiger partial charge in [0.15, 0.2) is 0 Å². The van der Waals surface area contributed by atoms with Crippen molar-refractivity contribution >= 4 is 6.08 Å². The zero-order chi connectivity index (χ0) is 16.4. The van der Waals surface area contributed by atoms with Crippen LogP contribution < -0.4 is 0 Å². The van der Waals surface area contributed by atoms with Crippen LogP contribution in [0.3, 0.4) is 0 Å². The van der Waals surface area contributed by atoms with Gasteiger partial charge in [-0.25, -0.2) is 0 Å². The van der Waals surface area contributed by atoms with Crippen molar-refractivity contribution in [2.24, 2.45) is 11.8 Å². The summed E-state index contributed by atoms with van der Waals surface area (Å²) in [4.78, 5) is 6.82. The van der Waals surface area contributed by atoms with Crippen molar-refractivity contribution in [1.82, 2.24) is 9.88 Å². The van der Waals surface area contributed by atoms with Gasteiger partial charge in [0, 0.05) is 19.3 Å². The normalized spacial score (nSPS) is 12.0. The van der Waals surface area contributed by atoms with Crippen LogP contribution in [0.5, 0.6) is 0 Å². The Balaban J connectivity index is 0.00000191. The van der Waals surface area contributed by atoms with E-state index in [1.807, 2.05) is 26.1 Å². The molecule has 0 aromatic carbocycles. The number of pyridine rings is 1. The number of aryl methyl sites for hydroxylation is 1. The fourth-order valence-corrected chi connectivity index (χ4v) is 2.73. The standard InChI is InChI=1S/C17H28N2.C2H6/c1-7-17-15(5)9-16(10-18-17)12-19(6)11-14(4)8-13(2)3;1-2/h7,9-10,13-14H,1,8,11-12H2,2-6H3;1-2H3. The SMILES string of the molecule is C=Cc1ncc(CN(C)CC(C)CC(C)C)cc1C.CC. The van der Waals surface area contributed by atoms with Crippen molar-refractivity contribution in [3.8, 4) is 0 Å². The first-order chi connectivity index (χ1) is 9.92. The van der Waals surface area contributed by atoms with Crippen molar-refractivity contribution in [1.29, 1.82) is 0 Å². The molecule has 0 bridgehead atoms. The van der Waals surface area contributed by atoms with Crippen LogP contribution in [0.1, 0.15) is 57.9 Å². The summed E-state index contributed by atoms with van der Waals surface area (Å²) in [5.74, 6) is 1.52. The van der Waals surface area contributed by atoms with Gasteiger partial charge in [-0.3, -0.25) is 4.98 Å². The maximum atomic E-state index is 4.43. The molecule has 2 heteroatoms. The second-order valence-corrected chi connectivity index (χ2v) is 6.18. The average Bonchev–Trinajstić information content (AvgIpc) is 2.40. The molecular weight excluding hydrogens is 256 g/mol. The van der Waals surface area contributed by atoms with Crippen molar-refractivity contribution < 1.29 is 0 Å². The van der Waals surface area contributed by atoms with Crippen LogP contribution in [-0.4, -0.2) is 23.5 Å². The number of hydrogen-bond donors (Lipinski definition) is 0. The van der Waals surface area contributed by atoms with Gasteiger partial charge in [-0.2, -0.15) is 0 Å². The number of rotatable bonds is 7. The quantitative estimate of drug-likeness (QED) is 0.688. The summed E-state index contributed by atoms with van der Waals surface area (Å²) >= 11 is 0. The highest BCUT2D eigenvalue weighted by atomic mass is 15.1. The number of aromatic nitrogens is 1. The minimum atomic E-state index is 0.742. The summed E-state index contributed by atoms with van der Waals surface area (Å²) in [5.41, 5.74) is 3.47. The van der Waals surface area contributed by atoms with E-state index in [4.69, 9.17) is 0 Å². The lowest BCUT2D eigenvalue weighted by Crippen LogP contribution is -2.25. The molecule has 0 radical (unpaired) electrons. The van der Waals surface area contributed by atoms with E-state index >= 15 is 0 Å². The maximum Gasteiger partial charge on any atom is 0.0653 e. The minimum absolute atomic E-state index is 0.742. The van der Waals surface area contributed by atoms with E-state index in [9.17, 15) is 0 Å². The Morgan fingerprint density at radius 2 is 1.90 bits per heavy atom. The minimum Gasteiger partial charge on any atom is -0.302 e. The second-order valence-electron chi connectivity index (χ2n) is 6.18. The van der Waals surface area contributed by atoms with Crippen molar-refractivity contribution in [3.63, 3.8) is 0 Å². The summed E-state index contributed by atoms with van der Waals surface area (Å²) in [5, 5.41) is 0. The van der Waals surface area contributed by atoms with E-state index in [0.717, 1.165) is 30.6 Å². The molecule has 0 amide bonds. The Hall–Kier alpha value is -1.15. The third-order valence-electron chi connectivity index (χ3n) is 3.32. The van der Waals surface area contributed by atoms with Gasteiger partial charge in [0.25, 0.3) is 0 Å². The van der Waals surface area contributed by atoms with Crippen LogP contribution in [0.2, 0.25) is 0 Å². The van der Waals surface area contributed by atoms with Gasteiger partial charge in [0.1, 0.15) is 0 Å². The first kappa shape index (κ1) is 19.9. The van der Waals surface area contributed by atoms with E-state index in [-0.39, 0.29) is 0 Å². The summed E-state index contributed by atoms with van der Waals surface area (Å²) in [7, 11) is 2.19. The Kier molecular flexibility index (Phi) is 9.98. The van der Waals surface area contributed by atoms with Gasteiger partial charge >= 0.3 is 0 Å². The molecule has 1 atom stereocenters. The Bertz CT molecular complexity index is 410. The molecule has 1 rings (SSSR count). The average molecular weight is 290 g/mol. The first-order valence-electron chi connectivity index (χ1n) is 8.18. The molecule has 0 spiro atoms. The molecule has 1 heterocycles. The van der Waals surface area contributed by atoms with E-state index in [0.29, 0.717) is 0 Å². The molecule has 0 saturated heterocycles. The van der Waals surface area contributed by atoms with E-state index < -0.39 is 0 Å². The third kappa shape index (κ3) is 8.01. The van der Waals surface area contributed by atoms with Crippen LogP contribution in [0, 0.1) is 18.8 Å². The summed E-state index contributed by atoms with van der Waals surface area (Å²) in [6, 6.07) is 2.22. The monoisotopic (exact) mass is 290 g/mol. The number of nitrogens with zero attached hydrogens (tertiary/aromatic N) is 2. The Morgan fingerprint density at radius 3 is 2.38 bits per heavy atom. The van der Waals surface area contributed by atoms with Gasteiger partial charge in [0.2, 0.25) is 0 Å². The van der Waals surface area contributed by atoms with Crippen LogP contribution in [0.15, 0.2) is 18.8 Å². The van der Waals surface area contributed by atoms with E-state index in [2.05, 4.69) is 57.3 Å². The smallest absolute Gasteiger partial charge is 0.0653 e. The predicted octanol–water partition coefficient (Wildman–Crippen LogP) is 5.17. The summed E-state index contributed by atoms with van der Waals surface area (Å²) in [6.45, 7) is 18.9. The van der Waals surface area contributed by atoms with Crippen molar-refractivity contribution in [2.75, 3.05) is 13.6 Å². The molecule has 0 fully saturated rings. The number of hydrogen-bond acceptors (Lipinski definition) is 2. The molecule has 0 aliphatic rings. The molecule has 0 aliphatic carbocycles. The molecule has 1 aromatic rings. The molecular formula is C19H34N2.